The molecule has 2 rings (SSSR count). The number of halogens is 2. The lowest BCUT2D eigenvalue weighted by molar-refractivity contribution is 0.328. The molecule has 1 heterocycles. The van der Waals surface area contributed by atoms with Crippen LogP contribution in [0.2, 0.25) is 5.02 Å². The van der Waals surface area contributed by atoms with Crippen LogP contribution < -0.4 is 4.74 Å². The number of hydrogen-bond acceptors (Lipinski definition) is 5. The fourth-order valence-electron chi connectivity index (χ4n) is 1.37. The molecule has 0 radical (unpaired) electrons. The van der Waals surface area contributed by atoms with Gasteiger partial charge in [0.25, 0.3) is 11.8 Å². The lowest BCUT2D eigenvalue weighted by Gasteiger charge is -2.07. The predicted molar refractivity (Wildman–Crippen MR) is 62.3 cm³/mol. The molecule has 0 amide bonds. The molecule has 94 valence electrons. The average molecular weight is 271 g/mol. The van der Waals surface area contributed by atoms with Gasteiger partial charge in [0.1, 0.15) is 5.82 Å². The van der Waals surface area contributed by atoms with Crippen molar-refractivity contribution in [1.82, 2.24) is 9.97 Å². The van der Waals surface area contributed by atoms with Crippen molar-refractivity contribution >= 4 is 11.6 Å². The highest BCUT2D eigenvalue weighted by Gasteiger charge is 2.15. The fourth-order valence-corrected chi connectivity index (χ4v) is 1.49. The van der Waals surface area contributed by atoms with E-state index in [1.165, 1.54) is 19.2 Å². The Bertz CT molecular complexity index is 584. The van der Waals surface area contributed by atoms with Gasteiger partial charge in [0.05, 0.1) is 12.1 Å². The second-order valence-corrected chi connectivity index (χ2v) is 3.76. The van der Waals surface area contributed by atoms with Gasteiger partial charge in [-0.25, -0.2) is 4.39 Å². The summed E-state index contributed by atoms with van der Waals surface area (Å²) >= 11 is 5.54. The minimum absolute atomic E-state index is 0.0404. The summed E-state index contributed by atoms with van der Waals surface area (Å²) in [6.45, 7) is 0. The highest BCUT2D eigenvalue weighted by Crippen LogP contribution is 2.34. The zero-order valence-electron chi connectivity index (χ0n) is 9.19. The van der Waals surface area contributed by atoms with E-state index in [1.807, 2.05) is 0 Å². The molecule has 0 spiro atoms. The Morgan fingerprint density at radius 2 is 1.83 bits per heavy atom. The number of benzene rings is 1. The van der Waals surface area contributed by atoms with Gasteiger partial charge >= 0.3 is 0 Å². The molecule has 1 aromatic carbocycles. The molecule has 18 heavy (non-hydrogen) atoms. The Morgan fingerprint density at radius 3 is 2.33 bits per heavy atom. The monoisotopic (exact) mass is 270 g/mol. The normalized spacial score (nSPS) is 10.4. The van der Waals surface area contributed by atoms with Gasteiger partial charge in [-0.2, -0.15) is 9.97 Å². The van der Waals surface area contributed by atoms with Crippen LogP contribution >= 0.6 is 11.6 Å². The quantitative estimate of drug-likeness (QED) is 0.876. The molecule has 0 aliphatic heterocycles. The van der Waals surface area contributed by atoms with Crippen LogP contribution in [-0.4, -0.2) is 27.3 Å². The fraction of sp³-hybridized carbons (Fsp3) is 0.0909. The van der Waals surface area contributed by atoms with Crippen molar-refractivity contribution < 1.29 is 19.3 Å². The van der Waals surface area contributed by atoms with Gasteiger partial charge in [-0.3, -0.25) is 0 Å². The van der Waals surface area contributed by atoms with Gasteiger partial charge in [-0.1, -0.05) is 11.6 Å². The first-order valence-corrected chi connectivity index (χ1v) is 5.20. The number of aromatic nitrogens is 2. The molecule has 0 saturated heterocycles. The first kappa shape index (κ1) is 12.4. The maximum absolute atomic E-state index is 13.3. The van der Waals surface area contributed by atoms with Crippen molar-refractivity contribution in [2.45, 2.75) is 0 Å². The first-order valence-electron chi connectivity index (χ1n) is 4.82. The second-order valence-electron chi connectivity index (χ2n) is 3.36. The molecule has 2 N–H and O–H groups in total. The molecule has 5 nitrogen and oxygen atoms in total. The Balaban J connectivity index is 2.54. The largest absolute Gasteiger partial charge is 0.490 e. The summed E-state index contributed by atoms with van der Waals surface area (Å²) in [6, 6.07) is 3.89. The van der Waals surface area contributed by atoms with Crippen LogP contribution in [0.15, 0.2) is 18.2 Å². The summed E-state index contributed by atoms with van der Waals surface area (Å²) in [5, 5.41) is 19.0. The van der Waals surface area contributed by atoms with E-state index in [4.69, 9.17) is 11.6 Å². The summed E-state index contributed by atoms with van der Waals surface area (Å²) in [5.41, 5.74) is 0.269. The second kappa shape index (κ2) is 4.66. The minimum Gasteiger partial charge on any atom is -0.490 e. The summed E-state index contributed by atoms with van der Waals surface area (Å²) in [5.74, 6) is -1.99. The van der Waals surface area contributed by atoms with Crippen molar-refractivity contribution in [2.75, 3.05) is 7.11 Å². The Hall–Kier alpha value is -2.08. The Morgan fingerprint density at radius 1 is 1.22 bits per heavy atom. The minimum atomic E-state index is -0.646. The molecule has 0 atom stereocenters. The van der Waals surface area contributed by atoms with Crippen LogP contribution in [0.1, 0.15) is 0 Å². The molecule has 1 aromatic heterocycles. The van der Waals surface area contributed by atoms with E-state index in [2.05, 4.69) is 14.7 Å². The zero-order valence-corrected chi connectivity index (χ0v) is 9.94. The first-order chi connectivity index (χ1) is 8.52. The summed E-state index contributed by atoms with van der Waals surface area (Å²) < 4.78 is 18.0. The third-order valence-corrected chi connectivity index (χ3v) is 2.52. The van der Waals surface area contributed by atoms with Gasteiger partial charge < -0.3 is 14.9 Å². The highest BCUT2D eigenvalue weighted by molar-refractivity contribution is 6.30. The lowest BCUT2D eigenvalue weighted by Crippen LogP contribution is -1.94. The van der Waals surface area contributed by atoms with Crippen LogP contribution in [0, 0.1) is 5.82 Å². The maximum atomic E-state index is 13.3. The van der Waals surface area contributed by atoms with Crippen molar-refractivity contribution in [2.24, 2.45) is 0 Å². The van der Waals surface area contributed by atoms with Crippen molar-refractivity contribution in [3.8, 4) is 28.9 Å². The zero-order chi connectivity index (χ0) is 13.3. The number of nitrogens with zero attached hydrogens (tertiary/aromatic N) is 2. The van der Waals surface area contributed by atoms with E-state index in [-0.39, 0.29) is 22.2 Å². The molecule has 0 unspecified atom stereocenters. The van der Waals surface area contributed by atoms with E-state index in [1.54, 1.807) is 0 Å². The third kappa shape index (κ3) is 2.14. The summed E-state index contributed by atoms with van der Waals surface area (Å²) in [7, 11) is 1.25. The Kier molecular flexibility index (Phi) is 3.20. The molecule has 0 aliphatic rings. The van der Waals surface area contributed by atoms with Crippen molar-refractivity contribution in [1.29, 1.82) is 0 Å². The molecule has 2 aromatic rings. The lowest BCUT2D eigenvalue weighted by atomic mass is 10.2. The molecule has 7 heteroatoms. The van der Waals surface area contributed by atoms with Crippen LogP contribution in [0.4, 0.5) is 4.39 Å². The topological polar surface area (TPSA) is 75.5 Å². The number of methoxy groups -OCH3 is 1. The summed E-state index contributed by atoms with van der Waals surface area (Å²) in [4.78, 5) is 7.39. The number of aromatic hydroxyl groups is 2. The van der Waals surface area contributed by atoms with Gasteiger partial charge in [-0.15, -0.1) is 0 Å². The maximum Gasteiger partial charge on any atom is 0.262 e. The van der Waals surface area contributed by atoms with Crippen LogP contribution in [0.25, 0.3) is 11.4 Å². The van der Waals surface area contributed by atoms with Crippen LogP contribution in [0.3, 0.4) is 0 Å². The molecule has 0 bridgehead atoms. The van der Waals surface area contributed by atoms with Crippen molar-refractivity contribution in [3.63, 3.8) is 0 Å². The van der Waals surface area contributed by atoms with E-state index < -0.39 is 17.6 Å². The molecule has 0 fully saturated rings. The van der Waals surface area contributed by atoms with E-state index >= 15 is 0 Å². The highest BCUT2D eigenvalue weighted by atomic mass is 35.5. The summed E-state index contributed by atoms with van der Waals surface area (Å²) in [6.07, 6.45) is 0. The third-order valence-electron chi connectivity index (χ3n) is 2.21. The SMILES string of the molecule is COc1c(O)nc(-c2ccc(Cl)c(F)c2)nc1O. The van der Waals surface area contributed by atoms with E-state index in [9.17, 15) is 14.6 Å². The van der Waals surface area contributed by atoms with Gasteiger partial charge in [-0.05, 0) is 18.2 Å². The average Bonchev–Trinajstić information content (AvgIpc) is 2.32. The molecule has 0 aliphatic carbocycles. The van der Waals surface area contributed by atoms with Gasteiger partial charge in [0.2, 0.25) is 5.75 Å². The van der Waals surface area contributed by atoms with Gasteiger partial charge in [0.15, 0.2) is 5.82 Å². The van der Waals surface area contributed by atoms with Gasteiger partial charge in [0, 0.05) is 5.56 Å². The molecule has 0 saturated carbocycles. The predicted octanol–water partition coefficient (Wildman–Crippen LogP) is 2.36. The number of hydrogen-bond donors (Lipinski definition) is 2. The van der Waals surface area contributed by atoms with E-state index in [0.29, 0.717) is 0 Å². The standard InChI is InChI=1S/C11H8ClFN2O3/c1-18-8-10(16)14-9(15-11(8)17)5-2-3-6(12)7(13)4-5/h2-4H,1H3,(H2,14,15,16,17). The van der Waals surface area contributed by atoms with Crippen molar-refractivity contribution in [3.05, 3.63) is 29.0 Å². The molecular formula is C11H8ClFN2O3. The number of rotatable bonds is 2. The van der Waals surface area contributed by atoms with Crippen LogP contribution in [-0.2, 0) is 0 Å². The molecular weight excluding hydrogens is 263 g/mol. The Labute approximate surface area is 106 Å². The number of ether oxygens (including phenoxy) is 1. The van der Waals surface area contributed by atoms with Crippen LogP contribution in [0.5, 0.6) is 17.5 Å². The van der Waals surface area contributed by atoms with E-state index in [0.717, 1.165) is 6.07 Å². The smallest absolute Gasteiger partial charge is 0.262 e.